The molecule has 0 aromatic heterocycles. The second-order valence-electron chi connectivity index (χ2n) is 10.8. The highest BCUT2D eigenvalue weighted by molar-refractivity contribution is 6.02. The number of amides is 3. The average Bonchev–Trinajstić information content (AvgIpc) is 2.99. The molecule has 1 aliphatic carbocycles. The number of carboxylic acid groups (broad SMARTS) is 1. The van der Waals surface area contributed by atoms with Crippen molar-refractivity contribution < 1.29 is 45.8 Å². The fourth-order valence-corrected chi connectivity index (χ4v) is 5.23. The molecule has 13 heteroatoms. The summed E-state index contributed by atoms with van der Waals surface area (Å²) in [5, 5.41) is 13.2. The van der Waals surface area contributed by atoms with Crippen molar-refractivity contribution in [3.8, 4) is 0 Å². The third-order valence-electron chi connectivity index (χ3n) is 7.60. The van der Waals surface area contributed by atoms with Crippen LogP contribution < -0.4 is 15.5 Å². The Morgan fingerprint density at radius 3 is 2.04 bits per heavy atom. The van der Waals surface area contributed by atoms with Crippen molar-refractivity contribution >= 4 is 29.3 Å². The zero-order valence-corrected chi connectivity index (χ0v) is 24.0. The Morgan fingerprint density at radius 1 is 0.822 bits per heavy atom. The van der Waals surface area contributed by atoms with E-state index in [-0.39, 0.29) is 37.2 Å². The summed E-state index contributed by atoms with van der Waals surface area (Å²) in [4.78, 5) is 37.7. The Morgan fingerprint density at radius 2 is 1.47 bits per heavy atom. The van der Waals surface area contributed by atoms with Crippen LogP contribution in [0.25, 0.3) is 0 Å². The highest BCUT2D eigenvalue weighted by atomic mass is 19.4. The van der Waals surface area contributed by atoms with Crippen LogP contribution in [0.15, 0.2) is 66.7 Å². The van der Waals surface area contributed by atoms with Gasteiger partial charge in [0.1, 0.15) is 0 Å². The van der Waals surface area contributed by atoms with Gasteiger partial charge in [-0.3, -0.25) is 14.5 Å². The van der Waals surface area contributed by atoms with Gasteiger partial charge in [-0.15, -0.1) is 0 Å². The summed E-state index contributed by atoms with van der Waals surface area (Å²) in [5.41, 5.74) is -1.82. The fourth-order valence-electron chi connectivity index (χ4n) is 5.23. The van der Waals surface area contributed by atoms with Gasteiger partial charge in [0.05, 0.1) is 29.8 Å². The summed E-state index contributed by atoms with van der Waals surface area (Å²) in [6, 6.07) is 12.6. The van der Waals surface area contributed by atoms with Gasteiger partial charge in [0.25, 0.3) is 5.91 Å². The number of nitrogens with one attached hydrogen (secondary N) is 2. The van der Waals surface area contributed by atoms with Gasteiger partial charge in [0.2, 0.25) is 0 Å². The SMILES string of the molecule is O=C(O)CCNC(=O)c1ccc(CN(C(=O)Nc2cc(C(F)(F)F)ccc2C(F)(F)F)c2ccc(C3CCCCC3)cc2)cc1. The maximum Gasteiger partial charge on any atom is 0.418 e. The van der Waals surface area contributed by atoms with E-state index in [9.17, 15) is 40.7 Å². The number of anilines is 2. The number of rotatable bonds is 9. The molecule has 0 heterocycles. The predicted molar refractivity (Wildman–Crippen MR) is 155 cm³/mol. The molecule has 0 spiro atoms. The smallest absolute Gasteiger partial charge is 0.418 e. The third kappa shape index (κ3) is 8.99. The molecule has 3 aromatic rings. The molecule has 45 heavy (non-hydrogen) atoms. The minimum atomic E-state index is -5.04. The van der Waals surface area contributed by atoms with Crippen molar-refractivity contribution in [1.82, 2.24) is 5.32 Å². The van der Waals surface area contributed by atoms with Crippen LogP contribution in [-0.2, 0) is 23.7 Å². The second kappa shape index (κ2) is 14.0. The maximum atomic E-state index is 13.7. The molecule has 4 rings (SSSR count). The second-order valence-corrected chi connectivity index (χ2v) is 10.8. The largest absolute Gasteiger partial charge is 0.481 e. The highest BCUT2D eigenvalue weighted by Crippen LogP contribution is 2.39. The van der Waals surface area contributed by atoms with E-state index < -0.39 is 47.1 Å². The first-order chi connectivity index (χ1) is 21.2. The van der Waals surface area contributed by atoms with Gasteiger partial charge in [-0.05, 0) is 72.4 Å². The number of halogens is 6. The number of alkyl halides is 6. The molecule has 0 atom stereocenters. The standard InChI is InChI=1S/C32H31F6N3O4/c33-31(34,35)24-12-15-26(32(36,37)38)27(18-24)40-30(45)41(25-13-10-22(11-14-25)21-4-2-1-3-5-21)19-20-6-8-23(9-7-20)29(44)39-17-16-28(42)43/h6-15,18,21H,1-5,16-17,19H2,(H,39,44)(H,40,45)(H,42,43). The quantitative estimate of drug-likeness (QED) is 0.207. The van der Waals surface area contributed by atoms with Gasteiger partial charge >= 0.3 is 24.4 Å². The topological polar surface area (TPSA) is 98.7 Å². The zero-order valence-electron chi connectivity index (χ0n) is 24.0. The molecule has 3 amide bonds. The number of carboxylic acids is 1. The first-order valence-electron chi connectivity index (χ1n) is 14.3. The Kier molecular flexibility index (Phi) is 10.4. The lowest BCUT2D eigenvalue weighted by molar-refractivity contribution is -0.140. The van der Waals surface area contributed by atoms with E-state index in [1.54, 1.807) is 12.1 Å². The number of carbonyl (C=O) groups is 3. The van der Waals surface area contributed by atoms with Gasteiger partial charge in [-0.2, -0.15) is 26.3 Å². The molecule has 1 fully saturated rings. The normalized spacial score (nSPS) is 14.1. The first-order valence-corrected chi connectivity index (χ1v) is 14.3. The van der Waals surface area contributed by atoms with Crippen molar-refractivity contribution in [1.29, 1.82) is 0 Å². The molecule has 0 radical (unpaired) electrons. The van der Waals surface area contributed by atoms with Crippen molar-refractivity contribution in [2.45, 2.75) is 63.3 Å². The number of nitrogens with zero attached hydrogens (tertiary/aromatic N) is 1. The lowest BCUT2D eigenvalue weighted by Crippen LogP contribution is -2.35. The minimum Gasteiger partial charge on any atom is -0.481 e. The van der Waals surface area contributed by atoms with Gasteiger partial charge in [-0.25, -0.2) is 4.79 Å². The van der Waals surface area contributed by atoms with E-state index in [0.29, 0.717) is 23.2 Å². The van der Waals surface area contributed by atoms with Crippen molar-refractivity contribution in [2.75, 3.05) is 16.8 Å². The Hall–Kier alpha value is -4.55. The molecule has 7 nitrogen and oxygen atoms in total. The Bertz CT molecular complexity index is 1500. The lowest BCUT2D eigenvalue weighted by Gasteiger charge is -2.26. The number of hydrogen-bond donors (Lipinski definition) is 3. The molecule has 0 aliphatic heterocycles. The predicted octanol–water partition coefficient (Wildman–Crippen LogP) is 8.22. The van der Waals surface area contributed by atoms with E-state index in [1.165, 1.54) is 24.3 Å². The summed E-state index contributed by atoms with van der Waals surface area (Å²) in [6.07, 6.45) is -4.90. The van der Waals surface area contributed by atoms with E-state index in [4.69, 9.17) is 5.11 Å². The molecular formula is C32H31F6N3O4. The summed E-state index contributed by atoms with van der Waals surface area (Å²) in [5.74, 6) is -1.27. The molecular weight excluding hydrogens is 604 g/mol. The van der Waals surface area contributed by atoms with Gasteiger partial charge in [0, 0.05) is 17.8 Å². The summed E-state index contributed by atoms with van der Waals surface area (Å²) < 4.78 is 81.3. The van der Waals surface area contributed by atoms with E-state index in [1.807, 2.05) is 17.4 Å². The lowest BCUT2D eigenvalue weighted by atomic mass is 9.84. The number of benzene rings is 3. The Labute approximate surface area is 255 Å². The van der Waals surface area contributed by atoms with Crippen LogP contribution >= 0.6 is 0 Å². The molecule has 1 saturated carbocycles. The van der Waals surface area contributed by atoms with Gasteiger partial charge < -0.3 is 15.7 Å². The molecule has 3 aromatic carbocycles. The summed E-state index contributed by atoms with van der Waals surface area (Å²) in [7, 11) is 0. The van der Waals surface area contributed by atoms with Crippen LogP contribution in [0, 0.1) is 0 Å². The monoisotopic (exact) mass is 635 g/mol. The van der Waals surface area contributed by atoms with E-state index in [2.05, 4.69) is 5.32 Å². The Balaban J connectivity index is 1.63. The molecule has 0 saturated heterocycles. The van der Waals surface area contributed by atoms with Crippen LogP contribution in [0.1, 0.15) is 77.1 Å². The molecule has 0 bridgehead atoms. The highest BCUT2D eigenvalue weighted by Gasteiger charge is 2.38. The number of aliphatic carboxylic acids is 1. The van der Waals surface area contributed by atoms with Crippen LogP contribution in [0.2, 0.25) is 0 Å². The van der Waals surface area contributed by atoms with Crippen LogP contribution in [0.5, 0.6) is 0 Å². The zero-order chi connectivity index (χ0) is 32.8. The van der Waals surface area contributed by atoms with E-state index in [0.717, 1.165) is 42.6 Å². The molecule has 240 valence electrons. The van der Waals surface area contributed by atoms with Crippen LogP contribution in [0.4, 0.5) is 42.5 Å². The van der Waals surface area contributed by atoms with E-state index >= 15 is 0 Å². The summed E-state index contributed by atoms with van der Waals surface area (Å²) >= 11 is 0. The maximum absolute atomic E-state index is 13.7. The van der Waals surface area contributed by atoms with Gasteiger partial charge in [-0.1, -0.05) is 43.5 Å². The van der Waals surface area contributed by atoms with Crippen LogP contribution in [0.3, 0.4) is 0 Å². The van der Waals surface area contributed by atoms with Gasteiger partial charge in [0.15, 0.2) is 0 Å². The summed E-state index contributed by atoms with van der Waals surface area (Å²) in [6.45, 7) is -0.286. The van der Waals surface area contributed by atoms with Crippen LogP contribution in [-0.4, -0.2) is 29.6 Å². The number of urea groups is 1. The van der Waals surface area contributed by atoms with Crippen molar-refractivity contribution in [3.05, 3.63) is 94.5 Å². The number of carbonyl (C=O) groups excluding carboxylic acids is 2. The molecule has 0 unspecified atom stereocenters. The first kappa shape index (κ1) is 33.3. The third-order valence-corrected chi connectivity index (χ3v) is 7.60. The van der Waals surface area contributed by atoms with Crippen molar-refractivity contribution in [3.63, 3.8) is 0 Å². The van der Waals surface area contributed by atoms with Crippen molar-refractivity contribution in [2.24, 2.45) is 0 Å². The number of hydrogen-bond acceptors (Lipinski definition) is 3. The fraction of sp³-hybridized carbons (Fsp3) is 0.344. The minimum absolute atomic E-state index is 0.0871. The molecule has 3 N–H and O–H groups in total. The average molecular weight is 636 g/mol. The molecule has 1 aliphatic rings.